The molecule has 1 heterocycles. The quantitative estimate of drug-likeness (QED) is 0.0790. The Hall–Kier alpha value is -6.02. The lowest BCUT2D eigenvalue weighted by Gasteiger charge is -2.30. The van der Waals surface area contributed by atoms with Crippen molar-refractivity contribution in [3.63, 3.8) is 0 Å². The summed E-state index contributed by atoms with van der Waals surface area (Å²) in [5.41, 5.74) is 10.7. The first kappa shape index (κ1) is 34.4. The standard InChI is InChI=1S/C45H41N3O4/c49-30-11-31-51-40-27-25-38(26-28-40)43-47-45(29-10-14-33-12-3-1-4-13-33,42(52-43)37-23-21-35(22-24-37)34-15-5-2-6-16-34)44(50)48-46-32-39-19-9-18-36-17-7-8-20-41(36)39/h1-10,12-28,42,46,49H,11,29-32H2,(H,48,50)/b14-10+/t42-,45-/m0/s1. The highest BCUT2D eigenvalue weighted by Gasteiger charge is 2.52. The minimum Gasteiger partial charge on any atom is -0.494 e. The number of carbonyl (C=O) groups is 1. The molecule has 52 heavy (non-hydrogen) atoms. The van der Waals surface area contributed by atoms with E-state index < -0.39 is 11.6 Å². The average Bonchev–Trinajstić information content (AvgIpc) is 3.60. The van der Waals surface area contributed by atoms with Crippen LogP contribution in [0.1, 0.15) is 41.2 Å². The molecule has 7 heteroatoms. The molecule has 0 unspecified atom stereocenters. The van der Waals surface area contributed by atoms with Crippen molar-refractivity contribution in [3.05, 3.63) is 180 Å². The van der Waals surface area contributed by atoms with Crippen LogP contribution in [0.25, 0.3) is 28.0 Å². The molecule has 7 rings (SSSR count). The summed E-state index contributed by atoms with van der Waals surface area (Å²) in [6.07, 6.45) is 4.11. The maximum Gasteiger partial charge on any atom is 0.266 e. The average molecular weight is 688 g/mol. The Balaban J connectivity index is 1.24. The van der Waals surface area contributed by atoms with Crippen LogP contribution in [0, 0.1) is 0 Å². The van der Waals surface area contributed by atoms with Crippen molar-refractivity contribution in [2.24, 2.45) is 4.99 Å². The van der Waals surface area contributed by atoms with Crippen LogP contribution in [0.4, 0.5) is 0 Å². The Labute approximate surface area is 304 Å². The number of carbonyl (C=O) groups excluding carboxylic acids is 1. The van der Waals surface area contributed by atoms with Crippen LogP contribution in [0.2, 0.25) is 0 Å². The molecule has 0 spiro atoms. The molecule has 1 aliphatic heterocycles. The Morgan fingerprint density at radius 1 is 0.769 bits per heavy atom. The number of hydrogen-bond donors (Lipinski definition) is 3. The topological polar surface area (TPSA) is 92.2 Å². The molecule has 6 aromatic carbocycles. The summed E-state index contributed by atoms with van der Waals surface area (Å²) in [5, 5.41) is 11.4. The van der Waals surface area contributed by atoms with Crippen LogP contribution in [0.3, 0.4) is 0 Å². The lowest BCUT2D eigenvalue weighted by atomic mass is 9.84. The van der Waals surface area contributed by atoms with Gasteiger partial charge in [0, 0.05) is 31.6 Å². The molecule has 0 saturated heterocycles. The van der Waals surface area contributed by atoms with Gasteiger partial charge in [0.1, 0.15) is 5.75 Å². The number of nitrogens with zero attached hydrogens (tertiary/aromatic N) is 1. The Kier molecular flexibility index (Phi) is 10.8. The highest BCUT2D eigenvalue weighted by molar-refractivity contribution is 6.01. The number of aliphatic imine (C=N–C) groups is 1. The van der Waals surface area contributed by atoms with Gasteiger partial charge in [-0.25, -0.2) is 10.4 Å². The van der Waals surface area contributed by atoms with Crippen molar-refractivity contribution >= 4 is 28.7 Å². The molecule has 1 aliphatic rings. The van der Waals surface area contributed by atoms with E-state index in [0.29, 0.717) is 31.2 Å². The van der Waals surface area contributed by atoms with Crippen LogP contribution < -0.4 is 15.6 Å². The highest BCUT2D eigenvalue weighted by Crippen LogP contribution is 2.43. The molecule has 2 atom stereocenters. The van der Waals surface area contributed by atoms with Gasteiger partial charge in [0.25, 0.3) is 5.91 Å². The maximum absolute atomic E-state index is 14.7. The third-order valence-electron chi connectivity index (χ3n) is 9.25. The van der Waals surface area contributed by atoms with E-state index in [1.54, 1.807) is 0 Å². The normalized spacial score (nSPS) is 16.8. The van der Waals surface area contributed by atoms with E-state index in [2.05, 4.69) is 59.4 Å². The van der Waals surface area contributed by atoms with Crippen LogP contribution >= 0.6 is 0 Å². The number of aliphatic hydroxyl groups excluding tert-OH is 1. The number of fused-ring (bicyclic) bond motifs is 1. The van der Waals surface area contributed by atoms with Crippen molar-refractivity contribution in [3.8, 4) is 16.9 Å². The van der Waals surface area contributed by atoms with Gasteiger partial charge in [-0.3, -0.25) is 10.2 Å². The van der Waals surface area contributed by atoms with Crippen LogP contribution in [-0.4, -0.2) is 35.7 Å². The summed E-state index contributed by atoms with van der Waals surface area (Å²) in [7, 11) is 0. The predicted octanol–water partition coefficient (Wildman–Crippen LogP) is 8.45. The van der Waals surface area contributed by atoms with E-state index in [-0.39, 0.29) is 18.9 Å². The van der Waals surface area contributed by atoms with Crippen molar-refractivity contribution in [2.75, 3.05) is 13.2 Å². The van der Waals surface area contributed by atoms with Crippen molar-refractivity contribution in [2.45, 2.75) is 31.0 Å². The van der Waals surface area contributed by atoms with Crippen molar-refractivity contribution < 1.29 is 19.4 Å². The first-order valence-corrected chi connectivity index (χ1v) is 17.6. The number of rotatable bonds is 14. The molecule has 0 aliphatic carbocycles. The summed E-state index contributed by atoms with van der Waals surface area (Å²) in [6, 6.07) is 50.2. The van der Waals surface area contributed by atoms with Gasteiger partial charge in [0.05, 0.1) is 6.61 Å². The molecule has 1 amide bonds. The van der Waals surface area contributed by atoms with Crippen LogP contribution in [0.15, 0.2) is 163 Å². The second kappa shape index (κ2) is 16.3. The Morgan fingerprint density at radius 3 is 2.21 bits per heavy atom. The fraction of sp³-hybridized carbons (Fsp3) is 0.156. The summed E-state index contributed by atoms with van der Waals surface area (Å²) in [6.45, 7) is 0.905. The molecule has 3 N–H and O–H groups in total. The minimum absolute atomic E-state index is 0.0656. The fourth-order valence-electron chi connectivity index (χ4n) is 6.51. The SMILES string of the molecule is O=C(NNCc1cccc2ccccc12)[C@@]1(C/C=C/c2ccccc2)N=C(c2ccc(OCCCO)cc2)O[C@H]1c1ccc(-c2ccccc2)cc1. The zero-order chi connectivity index (χ0) is 35.6. The minimum atomic E-state index is -1.35. The predicted molar refractivity (Wildman–Crippen MR) is 208 cm³/mol. The van der Waals surface area contributed by atoms with Crippen molar-refractivity contribution in [1.29, 1.82) is 0 Å². The molecule has 0 radical (unpaired) electrons. The van der Waals surface area contributed by atoms with Crippen LogP contribution in [-0.2, 0) is 16.1 Å². The Morgan fingerprint density at radius 2 is 1.44 bits per heavy atom. The summed E-state index contributed by atoms with van der Waals surface area (Å²) in [4.78, 5) is 19.8. The largest absolute Gasteiger partial charge is 0.494 e. The maximum atomic E-state index is 14.7. The van der Waals surface area contributed by atoms with Crippen molar-refractivity contribution in [1.82, 2.24) is 10.9 Å². The molecular weight excluding hydrogens is 647 g/mol. The monoisotopic (exact) mass is 687 g/mol. The first-order valence-electron chi connectivity index (χ1n) is 17.6. The third-order valence-corrected chi connectivity index (χ3v) is 9.25. The molecule has 0 saturated carbocycles. The van der Waals surface area contributed by atoms with Crippen LogP contribution in [0.5, 0.6) is 5.75 Å². The molecule has 7 nitrogen and oxygen atoms in total. The molecule has 6 aromatic rings. The number of amides is 1. The number of hydrazine groups is 1. The molecule has 260 valence electrons. The van der Waals surface area contributed by atoms with E-state index in [9.17, 15) is 4.79 Å². The van der Waals surface area contributed by atoms with E-state index in [4.69, 9.17) is 19.6 Å². The smallest absolute Gasteiger partial charge is 0.266 e. The van der Waals surface area contributed by atoms with E-state index in [0.717, 1.165) is 44.2 Å². The number of hydrogen-bond acceptors (Lipinski definition) is 6. The molecule has 0 aromatic heterocycles. The summed E-state index contributed by atoms with van der Waals surface area (Å²) >= 11 is 0. The van der Waals surface area contributed by atoms with Gasteiger partial charge in [0.2, 0.25) is 5.90 Å². The molecule has 0 bridgehead atoms. The van der Waals surface area contributed by atoms with Gasteiger partial charge in [0.15, 0.2) is 11.6 Å². The fourth-order valence-corrected chi connectivity index (χ4v) is 6.51. The van der Waals surface area contributed by atoms with Gasteiger partial charge in [-0.1, -0.05) is 140 Å². The molecular formula is C45H41N3O4. The second-order valence-corrected chi connectivity index (χ2v) is 12.7. The number of nitrogens with one attached hydrogen (secondary N) is 2. The Bertz CT molecular complexity index is 2140. The summed E-state index contributed by atoms with van der Waals surface area (Å²) in [5.74, 6) is 0.745. The summed E-state index contributed by atoms with van der Waals surface area (Å²) < 4.78 is 12.5. The zero-order valence-electron chi connectivity index (χ0n) is 28.8. The lowest BCUT2D eigenvalue weighted by molar-refractivity contribution is -0.129. The van der Waals surface area contributed by atoms with E-state index >= 15 is 0 Å². The van der Waals surface area contributed by atoms with Gasteiger partial charge < -0.3 is 14.6 Å². The first-order chi connectivity index (χ1) is 25.6. The second-order valence-electron chi connectivity index (χ2n) is 12.7. The number of ether oxygens (including phenoxy) is 2. The van der Waals surface area contributed by atoms with Gasteiger partial charge >= 0.3 is 0 Å². The lowest BCUT2D eigenvalue weighted by Crippen LogP contribution is -2.52. The number of aliphatic hydroxyl groups is 1. The van der Waals surface area contributed by atoms with E-state index in [1.807, 2.05) is 115 Å². The molecule has 0 fully saturated rings. The van der Waals surface area contributed by atoms with Gasteiger partial charge in [-0.15, -0.1) is 0 Å². The third kappa shape index (κ3) is 7.81. The van der Waals surface area contributed by atoms with Gasteiger partial charge in [-0.05, 0) is 62.9 Å². The highest BCUT2D eigenvalue weighted by atomic mass is 16.5. The zero-order valence-corrected chi connectivity index (χ0v) is 28.8. The number of benzene rings is 6. The van der Waals surface area contributed by atoms with E-state index in [1.165, 1.54) is 0 Å². The van der Waals surface area contributed by atoms with Gasteiger partial charge in [-0.2, -0.15) is 0 Å².